The summed E-state index contributed by atoms with van der Waals surface area (Å²) in [6.45, 7) is 4.25. The Morgan fingerprint density at radius 1 is 0.649 bits per heavy atom. The van der Waals surface area contributed by atoms with Crippen molar-refractivity contribution in [3.63, 3.8) is 0 Å². The highest BCUT2D eigenvalue weighted by atomic mass is 32.1. The summed E-state index contributed by atoms with van der Waals surface area (Å²) in [7, 11) is -20.6. The van der Waals surface area contributed by atoms with Gasteiger partial charge in [-0.2, -0.15) is 17.8 Å². The number of hydrogen-bond donors (Lipinski definition) is 6. The molecular formula is C28H44N8O15P4S2+2. The van der Waals surface area contributed by atoms with Crippen LogP contribution in [0.2, 0.25) is 0 Å². The molecule has 0 saturated carbocycles. The highest BCUT2D eigenvalue weighted by molar-refractivity contribution is 7.62. The summed E-state index contributed by atoms with van der Waals surface area (Å²) in [6.07, 6.45) is 3.59. The van der Waals surface area contributed by atoms with Crippen LogP contribution in [0, 0.1) is 27.7 Å². The molecule has 4 aromatic rings. The summed E-state index contributed by atoms with van der Waals surface area (Å²) in [4.78, 5) is 45.6. The highest BCUT2D eigenvalue weighted by Gasteiger charge is 2.41. The summed E-state index contributed by atoms with van der Waals surface area (Å²) in [5.74, 6) is 1.74. The molecule has 0 fully saturated rings. The smallest absolute Gasteiger partial charge is 0.394 e. The molecule has 0 aliphatic heterocycles. The Balaban J connectivity index is 1.46. The van der Waals surface area contributed by atoms with Crippen molar-refractivity contribution in [2.75, 3.05) is 51.1 Å². The van der Waals surface area contributed by atoms with Crippen LogP contribution in [0.15, 0.2) is 23.4 Å². The van der Waals surface area contributed by atoms with Gasteiger partial charge in [0.15, 0.2) is 24.5 Å². The van der Waals surface area contributed by atoms with Crippen molar-refractivity contribution in [2.45, 2.75) is 53.6 Å². The molecule has 4 aromatic heterocycles. The van der Waals surface area contributed by atoms with Crippen molar-refractivity contribution in [2.24, 2.45) is 0 Å². The normalized spacial score (nSPS) is 15.3. The van der Waals surface area contributed by atoms with Gasteiger partial charge in [0.2, 0.25) is 11.0 Å². The number of anilines is 2. The average molecular weight is 921 g/mol. The fourth-order valence-corrected chi connectivity index (χ4v) is 11.4. The minimum absolute atomic E-state index is 0.138. The number of hydrogen-bond acceptors (Lipinski definition) is 20. The van der Waals surface area contributed by atoms with Gasteiger partial charge in [-0.1, -0.05) is 22.7 Å². The number of nitrogen functional groups attached to an aromatic ring is 2. The van der Waals surface area contributed by atoms with Crippen molar-refractivity contribution in [1.82, 2.24) is 19.9 Å². The zero-order chi connectivity index (χ0) is 42.0. The maximum Gasteiger partial charge on any atom is 0.483 e. The Labute approximate surface area is 335 Å². The number of phosphoric acid groups is 4. The second-order valence-corrected chi connectivity index (χ2v) is 20.0. The first-order valence-corrected chi connectivity index (χ1v) is 24.3. The number of phosphoric ester groups is 3. The molecule has 0 aliphatic rings. The lowest BCUT2D eigenvalue weighted by Crippen LogP contribution is -2.35. The molecule has 4 rings (SSSR count). The van der Waals surface area contributed by atoms with Crippen LogP contribution in [-0.2, 0) is 75.4 Å². The molecular weight excluding hydrogens is 876 g/mol. The predicted molar refractivity (Wildman–Crippen MR) is 203 cm³/mol. The molecule has 0 radical (unpaired) electrons. The minimum Gasteiger partial charge on any atom is -0.394 e. The van der Waals surface area contributed by atoms with Gasteiger partial charge in [-0.3, -0.25) is 22.6 Å². The molecule has 4 heterocycles. The Bertz CT molecular complexity index is 2190. The largest absolute Gasteiger partial charge is 0.483 e. The third-order valence-corrected chi connectivity index (χ3v) is 15.6. The molecule has 8 N–H and O–H groups in total. The molecule has 316 valence electrons. The standard InChI is InChI=1S/C28H42N8O15P4S2/c1-19-25(56-17-35(19)15-23-13-31-21(3)33-27(23)29)5-8-46-54(43,48-10-7-37)51-55(44,49-12-11-45-53(41,42)50-52(38,39)40)47-9-6-26-20(2)36(18-57-26)16-24-14-32-22(4)34-28(24)30/h13-14,17-18,37H,5-12,15-16H2,1-4H3,(H5-2,29,30,31,32,33,34,38,39,40,41,42)/p+2. The van der Waals surface area contributed by atoms with Gasteiger partial charge in [-0.05, 0) is 13.8 Å². The predicted octanol–water partition coefficient (Wildman–Crippen LogP) is 2.76. The fourth-order valence-electron chi connectivity index (χ4n) is 4.73. The molecule has 0 aliphatic carbocycles. The van der Waals surface area contributed by atoms with Gasteiger partial charge in [-0.25, -0.2) is 38.2 Å². The van der Waals surface area contributed by atoms with Gasteiger partial charge in [0, 0.05) is 39.1 Å². The second kappa shape index (κ2) is 20.7. The van der Waals surface area contributed by atoms with Gasteiger partial charge in [-0.15, -0.1) is 0 Å². The first kappa shape index (κ1) is 47.2. The lowest BCUT2D eigenvalue weighted by atomic mass is 10.2. The zero-order valence-corrected chi connectivity index (χ0v) is 36.3. The third-order valence-electron chi connectivity index (χ3n) is 7.53. The molecule has 0 amide bonds. The summed E-state index contributed by atoms with van der Waals surface area (Å²) in [5.41, 5.74) is 18.8. The van der Waals surface area contributed by atoms with Crippen molar-refractivity contribution < 1.29 is 78.4 Å². The van der Waals surface area contributed by atoms with Gasteiger partial charge < -0.3 is 31.3 Å². The number of rotatable bonds is 24. The minimum atomic E-state index is -5.43. The molecule has 29 heteroatoms. The van der Waals surface area contributed by atoms with E-state index >= 15 is 0 Å². The van der Waals surface area contributed by atoms with E-state index in [4.69, 9.17) is 43.7 Å². The van der Waals surface area contributed by atoms with Crippen LogP contribution in [0.3, 0.4) is 0 Å². The monoisotopic (exact) mass is 920 g/mol. The van der Waals surface area contributed by atoms with E-state index in [1.807, 2.05) is 34.0 Å². The number of aliphatic hydroxyl groups is 1. The van der Waals surface area contributed by atoms with Crippen molar-refractivity contribution in [1.29, 1.82) is 0 Å². The Hall–Kier alpha value is -2.50. The molecule has 3 unspecified atom stereocenters. The van der Waals surface area contributed by atoms with Crippen LogP contribution in [0.1, 0.15) is 43.9 Å². The number of aromatic nitrogens is 6. The van der Waals surface area contributed by atoms with E-state index in [1.54, 1.807) is 26.2 Å². The summed E-state index contributed by atoms with van der Waals surface area (Å²) in [6, 6.07) is 0. The molecule has 0 aromatic carbocycles. The molecule has 0 spiro atoms. The third kappa shape index (κ3) is 14.9. The lowest BCUT2D eigenvalue weighted by molar-refractivity contribution is -0.689. The van der Waals surface area contributed by atoms with Crippen LogP contribution in [-0.4, -0.2) is 79.4 Å². The number of aryl methyl sites for hydroxylation is 2. The van der Waals surface area contributed by atoms with E-state index in [0.717, 1.165) is 21.1 Å². The molecule has 0 saturated heterocycles. The number of aliphatic hydroxyl groups excluding tert-OH is 1. The van der Waals surface area contributed by atoms with E-state index < -0.39 is 57.7 Å². The van der Waals surface area contributed by atoms with Crippen LogP contribution in [0.5, 0.6) is 0 Å². The lowest BCUT2D eigenvalue weighted by Gasteiger charge is -2.23. The molecule has 57 heavy (non-hydrogen) atoms. The van der Waals surface area contributed by atoms with E-state index in [0.29, 0.717) is 47.5 Å². The number of nitrogens with two attached hydrogens (primary N) is 2. The van der Waals surface area contributed by atoms with Gasteiger partial charge in [0.05, 0.1) is 60.5 Å². The quantitative estimate of drug-likeness (QED) is 0.0334. The molecule has 0 bridgehead atoms. The van der Waals surface area contributed by atoms with Crippen LogP contribution < -0.4 is 20.6 Å². The number of thiazole rings is 2. The first-order chi connectivity index (χ1) is 26.7. The second-order valence-electron chi connectivity index (χ2n) is 11.8. The van der Waals surface area contributed by atoms with Crippen molar-refractivity contribution in [3.8, 4) is 0 Å². The number of nitrogens with zero attached hydrogens (tertiary/aromatic N) is 6. The van der Waals surface area contributed by atoms with E-state index in [9.17, 15) is 28.3 Å². The summed E-state index contributed by atoms with van der Waals surface area (Å²) in [5, 5.41) is 9.42. The SMILES string of the molecule is Cc1ncc(C[n+]2csc(CCOP(=O)(OCCO)OP(=O)(OCCOP(=O)(O)OP(=O)(O)O)OCCc3sc[n+](Cc4cnc(C)nc4N)c3C)c2C)c(N)n1. The topological polar surface area (TPSA) is 325 Å². The van der Waals surface area contributed by atoms with Gasteiger partial charge in [0.1, 0.15) is 23.3 Å². The Kier molecular flexibility index (Phi) is 17.1. The van der Waals surface area contributed by atoms with Crippen molar-refractivity contribution >= 4 is 65.6 Å². The summed E-state index contributed by atoms with van der Waals surface area (Å²) < 4.78 is 89.5. The summed E-state index contributed by atoms with van der Waals surface area (Å²) >= 11 is 2.72. The maximum absolute atomic E-state index is 14.0. The highest BCUT2D eigenvalue weighted by Crippen LogP contribution is 2.66. The molecule has 23 nitrogen and oxygen atoms in total. The average Bonchev–Trinajstić information content (AvgIpc) is 3.63. The fraction of sp³-hybridized carbons (Fsp3) is 0.500. The Morgan fingerprint density at radius 3 is 1.49 bits per heavy atom. The van der Waals surface area contributed by atoms with E-state index in [-0.39, 0.29) is 26.1 Å². The first-order valence-electron chi connectivity index (χ1n) is 16.6. The molecule has 3 atom stereocenters. The van der Waals surface area contributed by atoms with Crippen LogP contribution in [0.25, 0.3) is 0 Å². The van der Waals surface area contributed by atoms with Gasteiger partial charge in [0.25, 0.3) is 0 Å². The van der Waals surface area contributed by atoms with Gasteiger partial charge >= 0.3 is 31.3 Å². The van der Waals surface area contributed by atoms with E-state index in [2.05, 4.69) is 28.8 Å². The van der Waals surface area contributed by atoms with Crippen molar-refractivity contribution in [3.05, 3.63) is 67.3 Å². The van der Waals surface area contributed by atoms with E-state index in [1.165, 1.54) is 22.7 Å². The van der Waals surface area contributed by atoms with Crippen LogP contribution in [0.4, 0.5) is 11.6 Å². The zero-order valence-electron chi connectivity index (χ0n) is 31.1. The Morgan fingerprint density at radius 2 is 1.07 bits per heavy atom. The maximum atomic E-state index is 14.0. The van der Waals surface area contributed by atoms with Crippen LogP contribution >= 0.6 is 54.0 Å².